The van der Waals surface area contributed by atoms with Gasteiger partial charge in [0.1, 0.15) is 11.5 Å². The number of carbonyl (C=O) groups excluding carboxylic acids is 1. The van der Waals surface area contributed by atoms with Crippen molar-refractivity contribution < 1.29 is 9.21 Å². The molecule has 1 aromatic heterocycles. The minimum absolute atomic E-state index is 0.0799. The number of hydrogen-bond donors (Lipinski definition) is 0. The van der Waals surface area contributed by atoms with Crippen molar-refractivity contribution in [1.82, 2.24) is 4.98 Å². The fraction of sp³-hybridized carbons (Fsp3) is 0.231. The lowest BCUT2D eigenvalue weighted by Gasteiger charge is -1.97. The van der Waals surface area contributed by atoms with Gasteiger partial charge in [-0.15, -0.1) is 0 Å². The summed E-state index contributed by atoms with van der Waals surface area (Å²) in [6.07, 6.45) is 2.58. The summed E-state index contributed by atoms with van der Waals surface area (Å²) in [5.41, 5.74) is 1.13. The third kappa shape index (κ3) is 3.53. The Kier molecular flexibility index (Phi) is 3.74. The zero-order valence-electron chi connectivity index (χ0n) is 9.44. The van der Waals surface area contributed by atoms with Crippen LogP contribution in [0.15, 0.2) is 39.4 Å². The van der Waals surface area contributed by atoms with Crippen molar-refractivity contribution >= 4 is 21.7 Å². The van der Waals surface area contributed by atoms with Gasteiger partial charge in [-0.2, -0.15) is 0 Å². The van der Waals surface area contributed by atoms with Crippen molar-refractivity contribution in [3.05, 3.63) is 52.1 Å². The van der Waals surface area contributed by atoms with E-state index in [0.717, 1.165) is 10.0 Å². The molecule has 0 bridgehead atoms. The van der Waals surface area contributed by atoms with Gasteiger partial charge in [0.2, 0.25) is 0 Å². The summed E-state index contributed by atoms with van der Waals surface area (Å²) in [4.78, 5) is 15.1. The van der Waals surface area contributed by atoms with E-state index in [1.165, 1.54) is 6.92 Å². The van der Waals surface area contributed by atoms with Gasteiger partial charge in [0.15, 0.2) is 5.89 Å². The number of hydrogen-bond acceptors (Lipinski definition) is 3. The molecule has 0 spiro atoms. The van der Waals surface area contributed by atoms with Crippen LogP contribution >= 0.6 is 15.9 Å². The van der Waals surface area contributed by atoms with Gasteiger partial charge in [0, 0.05) is 10.9 Å². The number of ketones is 1. The van der Waals surface area contributed by atoms with Crippen LogP contribution in [0.3, 0.4) is 0 Å². The second kappa shape index (κ2) is 5.27. The molecule has 0 aliphatic rings. The average Bonchev–Trinajstić information content (AvgIpc) is 2.68. The van der Waals surface area contributed by atoms with E-state index in [9.17, 15) is 4.79 Å². The number of benzene rings is 1. The molecule has 0 saturated heterocycles. The van der Waals surface area contributed by atoms with Gasteiger partial charge in [-0.25, -0.2) is 4.98 Å². The minimum atomic E-state index is 0.0799. The minimum Gasteiger partial charge on any atom is -0.445 e. The van der Waals surface area contributed by atoms with E-state index >= 15 is 0 Å². The molecule has 2 rings (SSSR count). The Labute approximate surface area is 108 Å². The first-order valence-electron chi connectivity index (χ1n) is 5.31. The first-order chi connectivity index (χ1) is 8.13. The van der Waals surface area contributed by atoms with E-state index in [4.69, 9.17) is 4.42 Å². The van der Waals surface area contributed by atoms with Crippen LogP contribution < -0.4 is 0 Å². The van der Waals surface area contributed by atoms with Crippen LogP contribution in [0.5, 0.6) is 0 Å². The highest BCUT2D eigenvalue weighted by Gasteiger charge is 2.06. The number of oxazole rings is 1. The molecule has 0 amide bonds. The first-order valence-corrected chi connectivity index (χ1v) is 6.10. The summed E-state index contributed by atoms with van der Waals surface area (Å²) < 4.78 is 6.53. The lowest BCUT2D eigenvalue weighted by Crippen LogP contribution is -1.93. The van der Waals surface area contributed by atoms with Crippen molar-refractivity contribution in [1.29, 1.82) is 0 Å². The molecular formula is C13H12BrNO2. The summed E-state index contributed by atoms with van der Waals surface area (Å²) >= 11 is 3.39. The van der Waals surface area contributed by atoms with Gasteiger partial charge in [0.25, 0.3) is 0 Å². The topological polar surface area (TPSA) is 43.1 Å². The Morgan fingerprint density at radius 1 is 1.35 bits per heavy atom. The molecule has 1 aromatic carbocycles. The molecule has 3 nitrogen and oxygen atoms in total. The molecule has 0 N–H and O–H groups in total. The zero-order chi connectivity index (χ0) is 12.3. The average molecular weight is 294 g/mol. The Morgan fingerprint density at radius 3 is 2.71 bits per heavy atom. The number of rotatable bonds is 4. The maximum atomic E-state index is 10.9. The monoisotopic (exact) mass is 293 g/mol. The Balaban J connectivity index is 2.06. The Hall–Kier alpha value is -1.42. The molecule has 0 atom stereocenters. The van der Waals surface area contributed by atoms with Gasteiger partial charge in [-0.1, -0.05) is 28.1 Å². The van der Waals surface area contributed by atoms with Crippen LogP contribution in [-0.4, -0.2) is 10.8 Å². The van der Waals surface area contributed by atoms with Crippen molar-refractivity contribution in [2.75, 3.05) is 0 Å². The van der Waals surface area contributed by atoms with Crippen molar-refractivity contribution in [2.45, 2.75) is 19.8 Å². The lowest BCUT2D eigenvalue weighted by atomic mass is 10.1. The van der Waals surface area contributed by atoms with Gasteiger partial charge >= 0.3 is 0 Å². The lowest BCUT2D eigenvalue weighted by molar-refractivity contribution is -0.116. The Bertz CT molecular complexity index is 516. The second-order valence-corrected chi connectivity index (χ2v) is 4.82. The Morgan fingerprint density at radius 2 is 2.06 bits per heavy atom. The summed E-state index contributed by atoms with van der Waals surface area (Å²) in [6, 6.07) is 7.99. The molecule has 4 heteroatoms. The molecule has 0 radical (unpaired) electrons. The highest BCUT2D eigenvalue weighted by molar-refractivity contribution is 9.10. The summed E-state index contributed by atoms with van der Waals surface area (Å²) in [5.74, 6) is 1.35. The highest BCUT2D eigenvalue weighted by atomic mass is 79.9. The standard InChI is InChI=1S/C13H12BrNO2/c1-9(16)6-12-8-15-13(17-12)7-10-2-4-11(14)5-3-10/h2-5,8H,6-7H2,1H3. The van der Waals surface area contributed by atoms with Gasteiger partial charge < -0.3 is 4.42 Å². The molecule has 0 unspecified atom stereocenters. The van der Waals surface area contributed by atoms with Crippen LogP contribution in [0, 0.1) is 0 Å². The smallest absolute Gasteiger partial charge is 0.198 e. The fourth-order valence-corrected chi connectivity index (χ4v) is 1.80. The van der Waals surface area contributed by atoms with E-state index < -0.39 is 0 Å². The molecule has 2 aromatic rings. The van der Waals surface area contributed by atoms with Gasteiger partial charge in [0.05, 0.1) is 12.6 Å². The van der Waals surface area contributed by atoms with E-state index in [1.807, 2.05) is 24.3 Å². The van der Waals surface area contributed by atoms with E-state index in [1.54, 1.807) is 6.20 Å². The molecule has 17 heavy (non-hydrogen) atoms. The van der Waals surface area contributed by atoms with Gasteiger partial charge in [-0.3, -0.25) is 4.79 Å². The molecule has 0 aliphatic heterocycles. The largest absolute Gasteiger partial charge is 0.445 e. The molecule has 0 fully saturated rings. The van der Waals surface area contributed by atoms with Crippen LogP contribution in [-0.2, 0) is 17.6 Å². The number of Topliss-reactive ketones (excluding diaryl/α,β-unsaturated/α-hetero) is 1. The number of nitrogens with zero attached hydrogens (tertiary/aromatic N) is 1. The number of carbonyl (C=O) groups is 1. The first kappa shape index (κ1) is 12.0. The maximum absolute atomic E-state index is 10.9. The number of halogens is 1. The van der Waals surface area contributed by atoms with Crippen molar-refractivity contribution in [3.63, 3.8) is 0 Å². The molecule has 1 heterocycles. The quantitative estimate of drug-likeness (QED) is 0.870. The fourth-order valence-electron chi connectivity index (χ4n) is 1.53. The van der Waals surface area contributed by atoms with Crippen molar-refractivity contribution in [2.24, 2.45) is 0 Å². The molecule has 88 valence electrons. The number of aromatic nitrogens is 1. The SMILES string of the molecule is CC(=O)Cc1cnc(Cc2ccc(Br)cc2)o1. The molecular weight excluding hydrogens is 282 g/mol. The predicted octanol–water partition coefficient (Wildman–Crippen LogP) is 3.16. The third-order valence-electron chi connectivity index (χ3n) is 2.29. The van der Waals surface area contributed by atoms with Gasteiger partial charge in [-0.05, 0) is 24.6 Å². The van der Waals surface area contributed by atoms with E-state index in [-0.39, 0.29) is 5.78 Å². The molecule has 0 saturated carbocycles. The van der Waals surface area contributed by atoms with Crippen LogP contribution in [0.1, 0.15) is 24.1 Å². The third-order valence-corrected chi connectivity index (χ3v) is 2.82. The predicted molar refractivity (Wildman–Crippen MR) is 67.8 cm³/mol. The normalized spacial score (nSPS) is 10.5. The van der Waals surface area contributed by atoms with Crippen molar-refractivity contribution in [3.8, 4) is 0 Å². The summed E-state index contributed by atoms with van der Waals surface area (Å²) in [7, 11) is 0. The second-order valence-electron chi connectivity index (χ2n) is 3.90. The zero-order valence-corrected chi connectivity index (χ0v) is 11.0. The van der Waals surface area contributed by atoms with Crippen LogP contribution in [0.2, 0.25) is 0 Å². The van der Waals surface area contributed by atoms with Crippen LogP contribution in [0.4, 0.5) is 0 Å². The maximum Gasteiger partial charge on any atom is 0.198 e. The highest BCUT2D eigenvalue weighted by Crippen LogP contribution is 2.14. The van der Waals surface area contributed by atoms with Crippen LogP contribution in [0.25, 0.3) is 0 Å². The summed E-state index contributed by atoms with van der Waals surface area (Å²) in [6.45, 7) is 1.54. The molecule has 0 aliphatic carbocycles. The van der Waals surface area contributed by atoms with E-state index in [2.05, 4.69) is 20.9 Å². The summed E-state index contributed by atoms with van der Waals surface area (Å²) in [5, 5.41) is 0. The van der Waals surface area contributed by atoms with E-state index in [0.29, 0.717) is 24.5 Å².